The molecule has 1 amide bonds. The van der Waals surface area contributed by atoms with Gasteiger partial charge in [-0.2, -0.15) is 0 Å². The first kappa shape index (κ1) is 12.6. The minimum atomic E-state index is -2.58. The van der Waals surface area contributed by atoms with Crippen LogP contribution >= 0.6 is 0 Å². The van der Waals surface area contributed by atoms with Gasteiger partial charge in [-0.15, -0.1) is 0 Å². The summed E-state index contributed by atoms with van der Waals surface area (Å²) < 4.78 is 29.4. The molecule has 0 saturated carbocycles. The number of alkyl halides is 2. The molecule has 0 radical (unpaired) electrons. The molecule has 90 valence electrons. The fourth-order valence-corrected chi connectivity index (χ4v) is 1.33. The smallest absolute Gasteiger partial charge is 0.290 e. The number of rotatable bonds is 5. The van der Waals surface area contributed by atoms with Crippen molar-refractivity contribution in [2.45, 2.75) is 13.3 Å². The van der Waals surface area contributed by atoms with Crippen LogP contribution in [0.2, 0.25) is 0 Å². The topological polar surface area (TPSA) is 59.5 Å². The number of furan rings is 1. The standard InChI is InChI=1S/C10H14F2N2O2/c1-7-2-5-16-9(7)10(15)14(4-3-13)6-8(11)12/h2,5,8H,3-4,6,13H2,1H3. The van der Waals surface area contributed by atoms with Crippen molar-refractivity contribution in [1.29, 1.82) is 0 Å². The van der Waals surface area contributed by atoms with Gasteiger partial charge in [0.15, 0.2) is 5.76 Å². The molecule has 0 unspecified atom stereocenters. The van der Waals surface area contributed by atoms with Gasteiger partial charge in [-0.25, -0.2) is 8.78 Å². The molecule has 1 rings (SSSR count). The van der Waals surface area contributed by atoms with Crippen LogP contribution in [0.3, 0.4) is 0 Å². The Kier molecular flexibility index (Phi) is 4.42. The Morgan fingerprint density at radius 2 is 2.31 bits per heavy atom. The fraction of sp³-hybridized carbons (Fsp3) is 0.500. The number of nitrogens with two attached hydrogens (primary N) is 1. The van der Waals surface area contributed by atoms with E-state index >= 15 is 0 Å². The number of amides is 1. The first-order chi connectivity index (χ1) is 7.56. The first-order valence-electron chi connectivity index (χ1n) is 4.87. The molecule has 16 heavy (non-hydrogen) atoms. The van der Waals surface area contributed by atoms with Crippen molar-refractivity contribution in [2.24, 2.45) is 5.73 Å². The molecular weight excluding hydrogens is 218 g/mol. The maximum atomic E-state index is 12.2. The first-order valence-corrected chi connectivity index (χ1v) is 4.87. The summed E-state index contributed by atoms with van der Waals surface area (Å²) in [6, 6.07) is 1.61. The molecule has 4 nitrogen and oxygen atoms in total. The predicted octanol–water partition coefficient (Wildman–Crippen LogP) is 1.25. The lowest BCUT2D eigenvalue weighted by molar-refractivity contribution is 0.0535. The van der Waals surface area contributed by atoms with Gasteiger partial charge in [0.25, 0.3) is 12.3 Å². The van der Waals surface area contributed by atoms with E-state index in [9.17, 15) is 13.6 Å². The Bertz CT molecular complexity index is 352. The van der Waals surface area contributed by atoms with Gasteiger partial charge < -0.3 is 15.1 Å². The lowest BCUT2D eigenvalue weighted by Gasteiger charge is -2.20. The molecule has 0 atom stereocenters. The molecule has 0 aromatic carbocycles. The van der Waals surface area contributed by atoms with E-state index < -0.39 is 18.9 Å². The van der Waals surface area contributed by atoms with Crippen molar-refractivity contribution < 1.29 is 18.0 Å². The van der Waals surface area contributed by atoms with E-state index in [2.05, 4.69) is 0 Å². The monoisotopic (exact) mass is 232 g/mol. The second-order valence-electron chi connectivity index (χ2n) is 3.36. The van der Waals surface area contributed by atoms with Gasteiger partial charge in [0.05, 0.1) is 12.8 Å². The summed E-state index contributed by atoms with van der Waals surface area (Å²) >= 11 is 0. The van der Waals surface area contributed by atoms with E-state index in [0.717, 1.165) is 4.90 Å². The predicted molar refractivity (Wildman–Crippen MR) is 54.4 cm³/mol. The van der Waals surface area contributed by atoms with Gasteiger partial charge >= 0.3 is 0 Å². The van der Waals surface area contributed by atoms with E-state index in [0.29, 0.717) is 5.56 Å². The molecule has 1 aromatic rings. The van der Waals surface area contributed by atoms with Gasteiger partial charge in [0, 0.05) is 18.7 Å². The summed E-state index contributed by atoms with van der Waals surface area (Å²) in [6.45, 7) is 1.28. The summed E-state index contributed by atoms with van der Waals surface area (Å²) in [5.74, 6) is -0.456. The molecule has 0 spiro atoms. The summed E-state index contributed by atoms with van der Waals surface area (Å²) in [4.78, 5) is 12.8. The summed E-state index contributed by atoms with van der Waals surface area (Å²) in [6.07, 6.45) is -1.23. The van der Waals surface area contributed by atoms with Crippen LogP contribution in [-0.4, -0.2) is 36.9 Å². The quantitative estimate of drug-likeness (QED) is 0.831. The van der Waals surface area contributed by atoms with Crippen molar-refractivity contribution in [2.75, 3.05) is 19.6 Å². The Morgan fingerprint density at radius 3 is 2.75 bits per heavy atom. The van der Waals surface area contributed by atoms with Crippen molar-refractivity contribution >= 4 is 5.91 Å². The van der Waals surface area contributed by atoms with E-state index in [1.165, 1.54) is 6.26 Å². The van der Waals surface area contributed by atoms with E-state index in [1.54, 1.807) is 13.0 Å². The fourth-order valence-electron chi connectivity index (χ4n) is 1.33. The zero-order chi connectivity index (χ0) is 12.1. The number of halogens is 2. The Labute approximate surface area is 92.0 Å². The lowest BCUT2D eigenvalue weighted by atomic mass is 10.2. The number of nitrogens with zero attached hydrogens (tertiary/aromatic N) is 1. The van der Waals surface area contributed by atoms with Gasteiger partial charge in [0.1, 0.15) is 0 Å². The van der Waals surface area contributed by atoms with Gasteiger partial charge in [-0.3, -0.25) is 4.79 Å². The van der Waals surface area contributed by atoms with E-state index in [-0.39, 0.29) is 18.8 Å². The summed E-state index contributed by atoms with van der Waals surface area (Å²) in [5.41, 5.74) is 5.89. The highest BCUT2D eigenvalue weighted by atomic mass is 19.3. The molecule has 0 saturated heterocycles. The van der Waals surface area contributed by atoms with Gasteiger partial charge in [0.2, 0.25) is 0 Å². The summed E-state index contributed by atoms with van der Waals surface area (Å²) in [5, 5.41) is 0. The molecule has 0 fully saturated rings. The SMILES string of the molecule is Cc1ccoc1C(=O)N(CCN)CC(F)F. The average Bonchev–Trinajstić information content (AvgIpc) is 2.62. The van der Waals surface area contributed by atoms with Crippen LogP contribution in [0.15, 0.2) is 16.7 Å². The summed E-state index contributed by atoms with van der Waals surface area (Å²) in [7, 11) is 0. The number of hydrogen-bond donors (Lipinski definition) is 1. The Hall–Kier alpha value is -1.43. The third-order valence-corrected chi connectivity index (χ3v) is 2.10. The number of aryl methyl sites for hydroxylation is 1. The molecule has 0 aliphatic carbocycles. The maximum absolute atomic E-state index is 12.2. The van der Waals surface area contributed by atoms with Crippen LogP contribution in [0.25, 0.3) is 0 Å². The molecule has 6 heteroatoms. The second-order valence-corrected chi connectivity index (χ2v) is 3.36. The van der Waals surface area contributed by atoms with Crippen LogP contribution in [0.1, 0.15) is 16.1 Å². The highest BCUT2D eigenvalue weighted by Crippen LogP contribution is 2.12. The largest absolute Gasteiger partial charge is 0.459 e. The van der Waals surface area contributed by atoms with E-state index in [4.69, 9.17) is 10.2 Å². The lowest BCUT2D eigenvalue weighted by Crippen LogP contribution is -2.38. The van der Waals surface area contributed by atoms with Crippen molar-refractivity contribution in [3.63, 3.8) is 0 Å². The van der Waals surface area contributed by atoms with Crippen molar-refractivity contribution in [3.8, 4) is 0 Å². The molecule has 0 aliphatic rings. The molecule has 2 N–H and O–H groups in total. The average molecular weight is 232 g/mol. The minimum Gasteiger partial charge on any atom is -0.459 e. The van der Waals surface area contributed by atoms with Crippen LogP contribution in [0.4, 0.5) is 8.78 Å². The third-order valence-electron chi connectivity index (χ3n) is 2.10. The van der Waals surface area contributed by atoms with Gasteiger partial charge in [-0.05, 0) is 13.0 Å². The highest BCUT2D eigenvalue weighted by molar-refractivity contribution is 5.92. The van der Waals surface area contributed by atoms with Crippen LogP contribution < -0.4 is 5.73 Å². The second kappa shape index (κ2) is 5.60. The van der Waals surface area contributed by atoms with Crippen molar-refractivity contribution in [3.05, 3.63) is 23.7 Å². The van der Waals surface area contributed by atoms with Crippen LogP contribution in [0.5, 0.6) is 0 Å². The van der Waals surface area contributed by atoms with E-state index in [1.807, 2.05) is 0 Å². The molecule has 0 bridgehead atoms. The zero-order valence-electron chi connectivity index (χ0n) is 8.95. The number of carbonyl (C=O) groups is 1. The normalized spacial score (nSPS) is 10.8. The van der Waals surface area contributed by atoms with Crippen molar-refractivity contribution in [1.82, 2.24) is 4.90 Å². The third kappa shape index (κ3) is 3.03. The van der Waals surface area contributed by atoms with Gasteiger partial charge in [-0.1, -0.05) is 0 Å². The minimum absolute atomic E-state index is 0.0866. The Balaban J connectivity index is 2.78. The van der Waals surface area contributed by atoms with Crippen LogP contribution in [0, 0.1) is 6.92 Å². The number of carbonyl (C=O) groups excluding carboxylic acids is 1. The highest BCUT2D eigenvalue weighted by Gasteiger charge is 2.22. The Morgan fingerprint density at radius 1 is 1.62 bits per heavy atom. The molecule has 1 aromatic heterocycles. The van der Waals surface area contributed by atoms with Crippen LogP contribution in [-0.2, 0) is 0 Å². The number of hydrogen-bond acceptors (Lipinski definition) is 3. The zero-order valence-corrected chi connectivity index (χ0v) is 8.95. The molecule has 0 aliphatic heterocycles. The molecule has 1 heterocycles. The molecular formula is C10H14F2N2O2. The maximum Gasteiger partial charge on any atom is 0.290 e.